The van der Waals surface area contributed by atoms with Crippen LogP contribution in [0.1, 0.15) is 22.3 Å². The monoisotopic (exact) mass is 283 g/mol. The molecule has 2 aromatic carbocycles. The van der Waals surface area contributed by atoms with E-state index in [0.29, 0.717) is 13.2 Å². The summed E-state index contributed by atoms with van der Waals surface area (Å²) in [6.07, 6.45) is 0. The summed E-state index contributed by atoms with van der Waals surface area (Å²) >= 11 is 0. The molecule has 21 heavy (non-hydrogen) atoms. The molecule has 0 bridgehead atoms. The molecular weight excluding hydrogens is 262 g/mol. The van der Waals surface area contributed by atoms with Crippen LogP contribution in [0.15, 0.2) is 48.5 Å². The molecule has 0 heterocycles. The Labute approximate surface area is 126 Å². The predicted octanol–water partition coefficient (Wildman–Crippen LogP) is 3.14. The van der Waals surface area contributed by atoms with Gasteiger partial charge < -0.3 is 10.1 Å². The molecule has 110 valence electrons. The van der Waals surface area contributed by atoms with Crippen LogP contribution in [0.2, 0.25) is 0 Å². The van der Waals surface area contributed by atoms with Crippen molar-refractivity contribution in [1.82, 2.24) is 5.32 Å². The minimum Gasteiger partial charge on any atom is -0.367 e. The summed E-state index contributed by atoms with van der Waals surface area (Å²) in [5.41, 5.74) is 4.63. The number of ether oxygens (including phenoxy) is 1. The van der Waals surface area contributed by atoms with Crippen LogP contribution in [0.4, 0.5) is 0 Å². The van der Waals surface area contributed by atoms with Crippen molar-refractivity contribution in [2.45, 2.75) is 27.0 Å². The molecule has 0 radical (unpaired) electrons. The van der Waals surface area contributed by atoms with E-state index in [1.807, 2.05) is 36.4 Å². The fraction of sp³-hybridized carbons (Fsp3) is 0.278. The lowest BCUT2D eigenvalue weighted by Crippen LogP contribution is -2.27. The van der Waals surface area contributed by atoms with Gasteiger partial charge in [0.15, 0.2) is 0 Å². The number of amides is 1. The summed E-state index contributed by atoms with van der Waals surface area (Å²) in [6.45, 7) is 5.20. The van der Waals surface area contributed by atoms with E-state index in [4.69, 9.17) is 4.74 Å². The lowest BCUT2D eigenvalue weighted by molar-refractivity contribution is -0.126. The highest BCUT2D eigenvalue weighted by Gasteiger charge is 2.03. The minimum atomic E-state index is -0.0939. The number of carbonyl (C=O) groups excluding carboxylic acids is 1. The number of rotatable bonds is 6. The fourth-order valence-corrected chi connectivity index (χ4v) is 2.11. The van der Waals surface area contributed by atoms with Crippen LogP contribution in [0.25, 0.3) is 0 Å². The first kappa shape index (κ1) is 15.3. The molecule has 2 rings (SSSR count). The summed E-state index contributed by atoms with van der Waals surface area (Å²) in [5, 5.41) is 2.85. The van der Waals surface area contributed by atoms with Crippen molar-refractivity contribution >= 4 is 5.91 Å². The second-order valence-corrected chi connectivity index (χ2v) is 5.19. The SMILES string of the molecule is Cc1ccc(COCC(=O)NCc2ccccc2)c(C)c1. The van der Waals surface area contributed by atoms with Crippen molar-refractivity contribution in [2.24, 2.45) is 0 Å². The van der Waals surface area contributed by atoms with Gasteiger partial charge in [0.1, 0.15) is 6.61 Å². The number of hydrogen-bond acceptors (Lipinski definition) is 2. The summed E-state index contributed by atoms with van der Waals surface area (Å²) in [4.78, 5) is 11.7. The molecule has 0 aliphatic rings. The first-order chi connectivity index (χ1) is 10.1. The van der Waals surface area contributed by atoms with E-state index in [1.54, 1.807) is 0 Å². The first-order valence-corrected chi connectivity index (χ1v) is 7.09. The van der Waals surface area contributed by atoms with Crippen LogP contribution in [-0.2, 0) is 22.7 Å². The largest absolute Gasteiger partial charge is 0.367 e. The smallest absolute Gasteiger partial charge is 0.246 e. The van der Waals surface area contributed by atoms with Gasteiger partial charge in [-0.3, -0.25) is 4.79 Å². The predicted molar refractivity (Wildman–Crippen MR) is 83.9 cm³/mol. The van der Waals surface area contributed by atoms with Gasteiger partial charge in [0.2, 0.25) is 5.91 Å². The topological polar surface area (TPSA) is 38.3 Å². The molecular formula is C18H21NO2. The summed E-state index contributed by atoms with van der Waals surface area (Å²) < 4.78 is 5.48. The van der Waals surface area contributed by atoms with Crippen LogP contribution >= 0.6 is 0 Å². The van der Waals surface area contributed by atoms with Crippen LogP contribution in [0.3, 0.4) is 0 Å². The van der Waals surface area contributed by atoms with E-state index in [0.717, 1.165) is 11.1 Å². The van der Waals surface area contributed by atoms with Crippen molar-refractivity contribution in [1.29, 1.82) is 0 Å². The van der Waals surface area contributed by atoms with Crippen molar-refractivity contribution in [3.8, 4) is 0 Å². The molecule has 0 aliphatic heterocycles. The van der Waals surface area contributed by atoms with Gasteiger partial charge in [-0.2, -0.15) is 0 Å². The van der Waals surface area contributed by atoms with Crippen molar-refractivity contribution < 1.29 is 9.53 Å². The molecule has 0 fully saturated rings. The molecule has 0 aliphatic carbocycles. The molecule has 0 spiro atoms. The first-order valence-electron chi connectivity index (χ1n) is 7.09. The van der Waals surface area contributed by atoms with E-state index in [-0.39, 0.29) is 12.5 Å². The molecule has 3 nitrogen and oxygen atoms in total. The lowest BCUT2D eigenvalue weighted by atomic mass is 10.1. The minimum absolute atomic E-state index is 0.0835. The zero-order valence-electron chi connectivity index (χ0n) is 12.6. The normalized spacial score (nSPS) is 10.4. The average molecular weight is 283 g/mol. The number of aryl methyl sites for hydroxylation is 2. The molecule has 3 heteroatoms. The molecule has 0 aromatic heterocycles. The Kier molecular flexibility index (Phi) is 5.52. The van der Waals surface area contributed by atoms with Gasteiger partial charge in [-0.25, -0.2) is 0 Å². The zero-order valence-corrected chi connectivity index (χ0v) is 12.6. The summed E-state index contributed by atoms with van der Waals surface area (Å²) in [6, 6.07) is 16.1. The Hall–Kier alpha value is -2.13. The van der Waals surface area contributed by atoms with Gasteiger partial charge in [-0.05, 0) is 30.5 Å². The van der Waals surface area contributed by atoms with Crippen LogP contribution in [0.5, 0.6) is 0 Å². The maximum absolute atomic E-state index is 11.7. The van der Waals surface area contributed by atoms with Crippen LogP contribution < -0.4 is 5.32 Å². The second-order valence-electron chi connectivity index (χ2n) is 5.19. The van der Waals surface area contributed by atoms with E-state index < -0.39 is 0 Å². The maximum Gasteiger partial charge on any atom is 0.246 e. The zero-order chi connectivity index (χ0) is 15.1. The fourth-order valence-electron chi connectivity index (χ4n) is 2.11. The van der Waals surface area contributed by atoms with E-state index in [1.165, 1.54) is 11.1 Å². The van der Waals surface area contributed by atoms with Crippen molar-refractivity contribution in [2.75, 3.05) is 6.61 Å². The van der Waals surface area contributed by atoms with Crippen molar-refractivity contribution in [3.63, 3.8) is 0 Å². The molecule has 1 amide bonds. The lowest BCUT2D eigenvalue weighted by Gasteiger charge is -2.09. The molecule has 0 atom stereocenters. The average Bonchev–Trinajstić information content (AvgIpc) is 2.48. The highest BCUT2D eigenvalue weighted by molar-refractivity contribution is 5.77. The Morgan fingerprint density at radius 2 is 1.86 bits per heavy atom. The van der Waals surface area contributed by atoms with Crippen molar-refractivity contribution in [3.05, 3.63) is 70.8 Å². The molecule has 2 aromatic rings. The summed E-state index contributed by atoms with van der Waals surface area (Å²) in [7, 11) is 0. The van der Waals surface area contributed by atoms with Gasteiger partial charge >= 0.3 is 0 Å². The molecule has 0 saturated carbocycles. The highest BCUT2D eigenvalue weighted by Crippen LogP contribution is 2.11. The summed E-state index contributed by atoms with van der Waals surface area (Å²) in [5.74, 6) is -0.0939. The Morgan fingerprint density at radius 1 is 1.10 bits per heavy atom. The van der Waals surface area contributed by atoms with Gasteiger partial charge in [-0.15, -0.1) is 0 Å². The van der Waals surface area contributed by atoms with Gasteiger partial charge in [0.05, 0.1) is 6.61 Å². The van der Waals surface area contributed by atoms with Gasteiger partial charge in [0, 0.05) is 6.54 Å². The third kappa shape index (κ3) is 5.04. The third-order valence-corrected chi connectivity index (χ3v) is 3.32. The van der Waals surface area contributed by atoms with E-state index in [2.05, 4.69) is 31.3 Å². The van der Waals surface area contributed by atoms with Crippen LogP contribution in [-0.4, -0.2) is 12.5 Å². The Balaban J connectivity index is 1.72. The second kappa shape index (κ2) is 7.60. The highest BCUT2D eigenvalue weighted by atomic mass is 16.5. The van der Waals surface area contributed by atoms with Gasteiger partial charge in [0.25, 0.3) is 0 Å². The quantitative estimate of drug-likeness (QED) is 0.884. The third-order valence-electron chi connectivity index (χ3n) is 3.32. The van der Waals surface area contributed by atoms with E-state index in [9.17, 15) is 4.79 Å². The number of hydrogen-bond donors (Lipinski definition) is 1. The number of benzene rings is 2. The molecule has 0 unspecified atom stereocenters. The maximum atomic E-state index is 11.7. The van der Waals surface area contributed by atoms with Gasteiger partial charge in [-0.1, -0.05) is 54.1 Å². The van der Waals surface area contributed by atoms with Crippen LogP contribution in [0, 0.1) is 13.8 Å². The number of carbonyl (C=O) groups is 1. The molecule has 1 N–H and O–H groups in total. The Bertz CT molecular complexity index is 593. The standard InChI is InChI=1S/C18H21NO2/c1-14-8-9-17(15(2)10-14)12-21-13-18(20)19-11-16-6-4-3-5-7-16/h3-10H,11-13H2,1-2H3,(H,19,20). The number of nitrogens with one attached hydrogen (secondary N) is 1. The molecule has 0 saturated heterocycles. The Morgan fingerprint density at radius 3 is 2.57 bits per heavy atom. The van der Waals surface area contributed by atoms with E-state index >= 15 is 0 Å².